The van der Waals surface area contributed by atoms with Crippen LogP contribution in [0, 0.1) is 5.92 Å². The van der Waals surface area contributed by atoms with E-state index in [4.69, 9.17) is 16.3 Å². The highest BCUT2D eigenvalue weighted by atomic mass is 35.5. The van der Waals surface area contributed by atoms with Crippen molar-refractivity contribution in [3.05, 3.63) is 28.8 Å². The summed E-state index contributed by atoms with van der Waals surface area (Å²) >= 11 is 6.06. The van der Waals surface area contributed by atoms with E-state index in [0.29, 0.717) is 11.6 Å². The Morgan fingerprint density at radius 1 is 1.56 bits per heavy atom. The Hall–Kier alpha value is -1.06. The van der Waals surface area contributed by atoms with E-state index in [1.54, 1.807) is 13.2 Å². The third kappa shape index (κ3) is 2.54. The van der Waals surface area contributed by atoms with Crippen LogP contribution in [0.5, 0.6) is 0 Å². The monoisotopic (exact) mass is 239 g/mol. The molecule has 0 bridgehead atoms. The van der Waals surface area contributed by atoms with E-state index in [9.17, 15) is 4.79 Å². The van der Waals surface area contributed by atoms with Crippen LogP contribution in [0.3, 0.4) is 0 Å². The van der Waals surface area contributed by atoms with Crippen LogP contribution in [0.4, 0.5) is 5.69 Å². The Bertz CT molecular complexity index is 402. The van der Waals surface area contributed by atoms with Gasteiger partial charge in [-0.15, -0.1) is 0 Å². The lowest BCUT2D eigenvalue weighted by molar-refractivity contribution is -0.117. The van der Waals surface area contributed by atoms with E-state index in [1.165, 1.54) is 0 Å². The topological polar surface area (TPSA) is 38.3 Å². The van der Waals surface area contributed by atoms with Crippen molar-refractivity contribution in [1.82, 2.24) is 0 Å². The maximum atomic E-state index is 11.6. The minimum Gasteiger partial charge on any atom is -0.380 e. The molecule has 1 amide bonds. The number of methoxy groups -OCH3 is 1. The zero-order chi connectivity index (χ0) is 11.5. The molecule has 0 unspecified atom stereocenters. The van der Waals surface area contributed by atoms with Gasteiger partial charge in [-0.3, -0.25) is 4.79 Å². The molecule has 86 valence electrons. The third-order valence-electron chi connectivity index (χ3n) is 2.61. The molecule has 0 radical (unpaired) electrons. The molecular formula is C12H14ClNO2. The van der Waals surface area contributed by atoms with Gasteiger partial charge in [0.2, 0.25) is 5.91 Å². The van der Waals surface area contributed by atoms with Gasteiger partial charge in [-0.2, -0.15) is 0 Å². The number of nitrogens with one attached hydrogen (secondary N) is 1. The molecule has 1 aromatic rings. The van der Waals surface area contributed by atoms with E-state index in [2.05, 4.69) is 5.32 Å². The summed E-state index contributed by atoms with van der Waals surface area (Å²) in [4.78, 5) is 11.6. The minimum absolute atomic E-state index is 0.0830. The summed E-state index contributed by atoms with van der Waals surface area (Å²) in [5.41, 5.74) is 1.59. The zero-order valence-electron chi connectivity index (χ0n) is 9.13. The quantitative estimate of drug-likeness (QED) is 0.878. The van der Waals surface area contributed by atoms with Gasteiger partial charge in [-0.25, -0.2) is 0 Å². The average molecular weight is 240 g/mol. The number of carbonyl (C=O) groups is 1. The van der Waals surface area contributed by atoms with Crippen LogP contribution in [0.2, 0.25) is 5.02 Å². The number of carbonyl (C=O) groups excluding carboxylic acids is 1. The zero-order valence-corrected chi connectivity index (χ0v) is 9.88. The van der Waals surface area contributed by atoms with Crippen LogP contribution in [-0.2, 0) is 16.1 Å². The molecule has 0 aliphatic heterocycles. The molecule has 16 heavy (non-hydrogen) atoms. The lowest BCUT2D eigenvalue weighted by Crippen LogP contribution is -2.15. The summed E-state index contributed by atoms with van der Waals surface area (Å²) in [6, 6.07) is 5.47. The standard InChI is InChI=1S/C12H14ClNO2/c1-16-7-9-10(13)3-2-4-11(9)14-12(15)8-5-6-8/h2-4,8H,5-7H2,1H3,(H,14,15). The van der Waals surface area contributed by atoms with Crippen molar-refractivity contribution < 1.29 is 9.53 Å². The molecule has 4 heteroatoms. The largest absolute Gasteiger partial charge is 0.380 e. The number of hydrogen-bond donors (Lipinski definition) is 1. The predicted molar refractivity (Wildman–Crippen MR) is 63.5 cm³/mol. The van der Waals surface area contributed by atoms with Crippen LogP contribution in [-0.4, -0.2) is 13.0 Å². The van der Waals surface area contributed by atoms with Crippen LogP contribution in [0.15, 0.2) is 18.2 Å². The summed E-state index contributed by atoms with van der Waals surface area (Å²) in [6.45, 7) is 0.403. The molecule has 0 aromatic heterocycles. The fourth-order valence-electron chi connectivity index (χ4n) is 1.55. The second-order valence-electron chi connectivity index (χ2n) is 3.96. The summed E-state index contributed by atoms with van der Waals surface area (Å²) in [6.07, 6.45) is 1.98. The molecule has 1 saturated carbocycles. The maximum Gasteiger partial charge on any atom is 0.227 e. The van der Waals surface area contributed by atoms with Gasteiger partial charge in [0.1, 0.15) is 0 Å². The first kappa shape index (κ1) is 11.4. The van der Waals surface area contributed by atoms with Crippen molar-refractivity contribution in [3.8, 4) is 0 Å². The molecule has 0 atom stereocenters. The number of anilines is 1. The third-order valence-corrected chi connectivity index (χ3v) is 2.97. The van der Waals surface area contributed by atoms with Crippen LogP contribution < -0.4 is 5.32 Å². The lowest BCUT2D eigenvalue weighted by Gasteiger charge is -2.11. The molecule has 3 nitrogen and oxygen atoms in total. The number of amides is 1. The maximum absolute atomic E-state index is 11.6. The van der Waals surface area contributed by atoms with Gasteiger partial charge in [0.05, 0.1) is 6.61 Å². The van der Waals surface area contributed by atoms with Gasteiger partial charge < -0.3 is 10.1 Å². The second-order valence-corrected chi connectivity index (χ2v) is 4.37. The van der Waals surface area contributed by atoms with Crippen LogP contribution >= 0.6 is 11.6 Å². The van der Waals surface area contributed by atoms with Gasteiger partial charge >= 0.3 is 0 Å². The number of ether oxygens (including phenoxy) is 1. The highest BCUT2D eigenvalue weighted by molar-refractivity contribution is 6.31. The fourth-order valence-corrected chi connectivity index (χ4v) is 1.78. The van der Waals surface area contributed by atoms with E-state index in [-0.39, 0.29) is 11.8 Å². The smallest absolute Gasteiger partial charge is 0.227 e. The Morgan fingerprint density at radius 3 is 2.94 bits per heavy atom. The molecule has 0 saturated heterocycles. The van der Waals surface area contributed by atoms with E-state index in [1.807, 2.05) is 12.1 Å². The number of hydrogen-bond acceptors (Lipinski definition) is 2. The molecule has 2 rings (SSSR count). The Labute approximate surface area is 99.7 Å². The molecule has 1 aliphatic carbocycles. The van der Waals surface area contributed by atoms with Crippen molar-refractivity contribution in [2.24, 2.45) is 5.92 Å². The Kier molecular flexibility index (Phi) is 3.46. The summed E-state index contributed by atoms with van der Waals surface area (Å²) in [7, 11) is 1.61. The first-order valence-electron chi connectivity index (χ1n) is 5.29. The van der Waals surface area contributed by atoms with E-state index < -0.39 is 0 Å². The number of halogens is 1. The van der Waals surface area contributed by atoms with Gasteiger partial charge in [0, 0.05) is 29.3 Å². The second kappa shape index (κ2) is 4.85. The summed E-state index contributed by atoms with van der Waals surface area (Å²) < 4.78 is 5.07. The highest BCUT2D eigenvalue weighted by Gasteiger charge is 2.30. The first-order chi connectivity index (χ1) is 7.72. The van der Waals surface area contributed by atoms with Gasteiger partial charge in [0.25, 0.3) is 0 Å². The fraction of sp³-hybridized carbons (Fsp3) is 0.417. The predicted octanol–water partition coefficient (Wildman–Crippen LogP) is 2.83. The Morgan fingerprint density at radius 2 is 2.31 bits per heavy atom. The lowest BCUT2D eigenvalue weighted by atomic mass is 10.2. The van der Waals surface area contributed by atoms with Gasteiger partial charge in [-0.1, -0.05) is 17.7 Å². The van der Waals surface area contributed by atoms with Crippen molar-refractivity contribution in [3.63, 3.8) is 0 Å². The molecule has 0 spiro atoms. The first-order valence-corrected chi connectivity index (χ1v) is 5.67. The molecular weight excluding hydrogens is 226 g/mol. The summed E-state index contributed by atoms with van der Waals surface area (Å²) in [5, 5.41) is 3.52. The van der Waals surface area contributed by atoms with Crippen molar-refractivity contribution >= 4 is 23.2 Å². The van der Waals surface area contributed by atoms with E-state index in [0.717, 1.165) is 24.1 Å². The van der Waals surface area contributed by atoms with Crippen LogP contribution in [0.1, 0.15) is 18.4 Å². The Balaban J connectivity index is 2.17. The van der Waals surface area contributed by atoms with Crippen molar-refractivity contribution in [2.75, 3.05) is 12.4 Å². The van der Waals surface area contributed by atoms with Crippen LogP contribution in [0.25, 0.3) is 0 Å². The highest BCUT2D eigenvalue weighted by Crippen LogP contribution is 2.32. The SMILES string of the molecule is COCc1c(Cl)cccc1NC(=O)C1CC1. The molecule has 1 fully saturated rings. The number of benzene rings is 1. The summed E-state index contributed by atoms with van der Waals surface area (Å²) in [5.74, 6) is 0.272. The molecule has 1 N–H and O–H groups in total. The molecule has 0 heterocycles. The van der Waals surface area contributed by atoms with Crippen molar-refractivity contribution in [1.29, 1.82) is 0 Å². The average Bonchev–Trinajstić information content (AvgIpc) is 3.06. The minimum atomic E-state index is 0.0830. The van der Waals surface area contributed by atoms with Gasteiger partial charge in [0.15, 0.2) is 0 Å². The van der Waals surface area contributed by atoms with E-state index >= 15 is 0 Å². The van der Waals surface area contributed by atoms with Gasteiger partial charge in [-0.05, 0) is 25.0 Å². The molecule has 1 aliphatic rings. The molecule has 1 aromatic carbocycles. The van der Waals surface area contributed by atoms with Crippen molar-refractivity contribution in [2.45, 2.75) is 19.4 Å². The normalized spacial score (nSPS) is 14.9. The number of rotatable bonds is 4.